The lowest BCUT2D eigenvalue weighted by Gasteiger charge is -2.27. The van der Waals surface area contributed by atoms with Gasteiger partial charge in [0.1, 0.15) is 5.76 Å². The number of para-hydroxylation sites is 1. The van der Waals surface area contributed by atoms with Crippen LogP contribution < -0.4 is 0 Å². The van der Waals surface area contributed by atoms with Gasteiger partial charge in [0.15, 0.2) is 0 Å². The van der Waals surface area contributed by atoms with E-state index in [0.717, 1.165) is 47.5 Å². The molecule has 1 aromatic carbocycles. The molecule has 2 heterocycles. The first kappa shape index (κ1) is 20.4. The highest BCUT2D eigenvalue weighted by Gasteiger charge is 2.22. The van der Waals surface area contributed by atoms with E-state index >= 15 is 0 Å². The molecule has 0 aliphatic heterocycles. The zero-order valence-electron chi connectivity index (χ0n) is 17.2. The van der Waals surface area contributed by atoms with Gasteiger partial charge in [0.25, 0.3) is 0 Å². The van der Waals surface area contributed by atoms with E-state index in [2.05, 4.69) is 21.6 Å². The van der Waals surface area contributed by atoms with Crippen molar-refractivity contribution in [2.45, 2.75) is 51.2 Å². The minimum Gasteiger partial charge on any atom is -0.467 e. The van der Waals surface area contributed by atoms with Gasteiger partial charge in [-0.15, -0.1) is 5.10 Å². The Hall–Kier alpha value is -2.87. The van der Waals surface area contributed by atoms with Gasteiger partial charge in [0.05, 0.1) is 24.2 Å². The number of aryl methyl sites for hydroxylation is 2. The lowest BCUT2D eigenvalue weighted by Crippen LogP contribution is -2.32. The molecule has 0 N–H and O–H groups in total. The average molecular weight is 424 g/mol. The summed E-state index contributed by atoms with van der Waals surface area (Å²) in [6, 6.07) is 9.83. The van der Waals surface area contributed by atoms with Crippen LogP contribution in [-0.2, 0) is 11.3 Å². The molecule has 0 bridgehead atoms. The molecule has 3 aromatic rings. The maximum atomic E-state index is 13.2. The fourth-order valence-electron chi connectivity index (χ4n) is 3.73. The fourth-order valence-corrected chi connectivity index (χ4v) is 4.48. The summed E-state index contributed by atoms with van der Waals surface area (Å²) >= 11 is 1.36. The molecule has 2 aromatic heterocycles. The Balaban J connectivity index is 1.52. The van der Waals surface area contributed by atoms with Crippen molar-refractivity contribution in [3.63, 3.8) is 0 Å². The van der Waals surface area contributed by atoms with E-state index in [1.807, 2.05) is 49.1 Å². The van der Waals surface area contributed by atoms with E-state index in [4.69, 9.17) is 4.42 Å². The smallest absolute Gasteiger partial charge is 0.237 e. The predicted molar refractivity (Wildman–Crippen MR) is 115 cm³/mol. The predicted octanol–water partition coefficient (Wildman–Crippen LogP) is 4.45. The summed E-state index contributed by atoms with van der Waals surface area (Å²) < 4.78 is 7.22. The summed E-state index contributed by atoms with van der Waals surface area (Å²) in [4.78, 5) is 15.0. The Labute approximate surface area is 180 Å². The number of hydrogen-bond donors (Lipinski definition) is 0. The van der Waals surface area contributed by atoms with E-state index < -0.39 is 0 Å². The van der Waals surface area contributed by atoms with Gasteiger partial charge in [-0.25, -0.2) is 0 Å². The number of benzene rings is 1. The van der Waals surface area contributed by atoms with Gasteiger partial charge in [0.2, 0.25) is 11.1 Å². The number of carbonyl (C=O) groups is 1. The van der Waals surface area contributed by atoms with Crippen molar-refractivity contribution in [3.8, 4) is 5.69 Å². The van der Waals surface area contributed by atoms with E-state index in [1.165, 1.54) is 18.2 Å². The Morgan fingerprint density at radius 1 is 1.20 bits per heavy atom. The highest BCUT2D eigenvalue weighted by molar-refractivity contribution is 7.99. The number of tetrazole rings is 1. The van der Waals surface area contributed by atoms with Gasteiger partial charge < -0.3 is 9.32 Å². The Morgan fingerprint density at radius 3 is 2.73 bits per heavy atom. The average Bonchev–Trinajstić information content (AvgIpc) is 3.43. The van der Waals surface area contributed by atoms with Crippen LogP contribution in [0.4, 0.5) is 0 Å². The highest BCUT2D eigenvalue weighted by Crippen LogP contribution is 2.27. The first-order chi connectivity index (χ1) is 14.6. The molecule has 0 unspecified atom stereocenters. The normalized spacial score (nSPS) is 13.9. The van der Waals surface area contributed by atoms with Crippen molar-refractivity contribution in [1.82, 2.24) is 25.1 Å². The molecular formula is C22H25N5O2S. The van der Waals surface area contributed by atoms with Crippen LogP contribution in [0.25, 0.3) is 5.69 Å². The van der Waals surface area contributed by atoms with Gasteiger partial charge in [0, 0.05) is 5.70 Å². The first-order valence-corrected chi connectivity index (χ1v) is 11.1. The first-order valence-electron chi connectivity index (χ1n) is 10.1. The molecule has 0 atom stereocenters. The van der Waals surface area contributed by atoms with Crippen molar-refractivity contribution in [1.29, 1.82) is 0 Å². The van der Waals surface area contributed by atoms with Gasteiger partial charge in [-0.05, 0) is 73.2 Å². The largest absolute Gasteiger partial charge is 0.467 e. The number of amides is 1. The lowest BCUT2D eigenvalue weighted by molar-refractivity contribution is -0.127. The van der Waals surface area contributed by atoms with Crippen molar-refractivity contribution in [2.24, 2.45) is 0 Å². The van der Waals surface area contributed by atoms with Gasteiger partial charge in [-0.1, -0.05) is 36.0 Å². The van der Waals surface area contributed by atoms with E-state index in [9.17, 15) is 4.79 Å². The third kappa shape index (κ3) is 4.48. The minimum atomic E-state index is 0.0283. The summed E-state index contributed by atoms with van der Waals surface area (Å²) in [5, 5.41) is 12.8. The molecule has 30 heavy (non-hydrogen) atoms. The second-order valence-corrected chi connectivity index (χ2v) is 8.35. The molecule has 0 radical (unpaired) electrons. The molecule has 7 nitrogen and oxygen atoms in total. The Kier molecular flexibility index (Phi) is 6.32. The monoisotopic (exact) mass is 423 g/mol. The molecule has 8 heteroatoms. The van der Waals surface area contributed by atoms with Gasteiger partial charge >= 0.3 is 0 Å². The summed E-state index contributed by atoms with van der Waals surface area (Å²) in [6.45, 7) is 4.51. The van der Waals surface area contributed by atoms with Crippen LogP contribution in [0.1, 0.15) is 42.6 Å². The van der Waals surface area contributed by atoms with E-state index in [1.54, 1.807) is 10.9 Å². The summed E-state index contributed by atoms with van der Waals surface area (Å²) in [5.74, 6) is 1.06. The second-order valence-electron chi connectivity index (χ2n) is 7.40. The zero-order chi connectivity index (χ0) is 20.9. The van der Waals surface area contributed by atoms with Crippen LogP contribution in [-0.4, -0.2) is 36.8 Å². The van der Waals surface area contributed by atoms with Crippen molar-refractivity contribution in [3.05, 3.63) is 65.3 Å². The van der Waals surface area contributed by atoms with Crippen LogP contribution in [0.3, 0.4) is 0 Å². The van der Waals surface area contributed by atoms with Crippen LogP contribution >= 0.6 is 11.8 Å². The highest BCUT2D eigenvalue weighted by atomic mass is 32.2. The molecule has 0 saturated carbocycles. The third-order valence-electron chi connectivity index (χ3n) is 5.23. The molecule has 4 rings (SSSR count). The van der Waals surface area contributed by atoms with Gasteiger partial charge in [-0.2, -0.15) is 4.68 Å². The Bertz CT molecular complexity index is 1020. The van der Waals surface area contributed by atoms with Crippen molar-refractivity contribution in [2.75, 3.05) is 5.75 Å². The van der Waals surface area contributed by atoms with Crippen LogP contribution in [0.2, 0.25) is 0 Å². The number of hydrogen-bond acceptors (Lipinski definition) is 6. The molecule has 156 valence electrons. The standard InChI is InChI=1S/C22H25N5O2S/c1-16-8-6-9-17(2)21(16)27-22(23-24-25-27)30-15-20(28)26(14-19-12-7-13-29-19)18-10-4-3-5-11-18/h6-10,12-13H,3-5,11,14-15H2,1-2H3. The molecule has 0 spiro atoms. The molecular weight excluding hydrogens is 398 g/mol. The van der Waals surface area contributed by atoms with Crippen LogP contribution in [0, 0.1) is 13.8 Å². The number of allylic oxidation sites excluding steroid dienone is 2. The SMILES string of the molecule is Cc1cccc(C)c1-n1nnnc1SCC(=O)N(Cc1ccco1)C1=CCCCC1. The number of nitrogens with zero attached hydrogens (tertiary/aromatic N) is 5. The maximum absolute atomic E-state index is 13.2. The number of carbonyl (C=O) groups excluding carboxylic acids is 1. The number of rotatable bonds is 7. The summed E-state index contributed by atoms with van der Waals surface area (Å²) in [6.07, 6.45) is 8.01. The summed E-state index contributed by atoms with van der Waals surface area (Å²) in [7, 11) is 0. The minimum absolute atomic E-state index is 0.0283. The molecule has 1 aliphatic rings. The topological polar surface area (TPSA) is 77.1 Å². The number of thioether (sulfide) groups is 1. The van der Waals surface area contributed by atoms with E-state index in [-0.39, 0.29) is 11.7 Å². The van der Waals surface area contributed by atoms with Crippen LogP contribution in [0.5, 0.6) is 0 Å². The van der Waals surface area contributed by atoms with Crippen molar-refractivity contribution < 1.29 is 9.21 Å². The van der Waals surface area contributed by atoms with E-state index in [0.29, 0.717) is 11.7 Å². The second kappa shape index (κ2) is 9.30. The number of aromatic nitrogens is 4. The van der Waals surface area contributed by atoms with Crippen molar-refractivity contribution >= 4 is 17.7 Å². The third-order valence-corrected chi connectivity index (χ3v) is 6.13. The lowest BCUT2D eigenvalue weighted by atomic mass is 10.0. The van der Waals surface area contributed by atoms with Crippen LogP contribution in [0.15, 0.2) is 57.9 Å². The number of furan rings is 1. The Morgan fingerprint density at radius 2 is 2.03 bits per heavy atom. The summed E-state index contributed by atoms with van der Waals surface area (Å²) in [5.41, 5.74) is 4.21. The van der Waals surface area contributed by atoms with Gasteiger partial charge in [-0.3, -0.25) is 4.79 Å². The quantitative estimate of drug-likeness (QED) is 0.523. The molecule has 0 saturated heterocycles. The maximum Gasteiger partial charge on any atom is 0.237 e. The fraction of sp³-hybridized carbons (Fsp3) is 0.364. The molecule has 1 aliphatic carbocycles. The molecule has 0 fully saturated rings. The zero-order valence-corrected chi connectivity index (χ0v) is 18.1. The molecule has 1 amide bonds.